The van der Waals surface area contributed by atoms with Gasteiger partial charge in [0, 0.05) is 19.2 Å². The number of aliphatic hydroxyl groups is 1. The van der Waals surface area contributed by atoms with E-state index in [1.807, 2.05) is 6.92 Å². The molecular weight excluding hydrogens is 126 g/mol. The third kappa shape index (κ3) is 5.48. The van der Waals surface area contributed by atoms with Crippen molar-refractivity contribution < 1.29 is 5.11 Å². The predicted octanol–water partition coefficient (Wildman–Crippen LogP) is 2.19. The van der Waals surface area contributed by atoms with Gasteiger partial charge in [-0.3, -0.25) is 0 Å². The molecule has 2 N–H and O–H groups in total. The molecule has 0 spiro atoms. The van der Waals surface area contributed by atoms with E-state index >= 15 is 0 Å². The van der Waals surface area contributed by atoms with Crippen LogP contribution in [0.2, 0.25) is 0 Å². The second-order valence-corrected chi connectivity index (χ2v) is 2.30. The number of aliphatic hydroxyl groups excluding tert-OH is 1. The number of hydrogen-bond acceptors (Lipinski definition) is 2. The van der Waals surface area contributed by atoms with E-state index in [0.717, 1.165) is 13.0 Å². The molecule has 0 saturated heterocycles. The Kier molecular flexibility index (Phi) is 6.03. The highest BCUT2D eigenvalue weighted by molar-refractivity contribution is 4.86. The van der Waals surface area contributed by atoms with Crippen LogP contribution in [-0.2, 0) is 0 Å². The fourth-order valence-electron chi connectivity index (χ4n) is 0.571. The number of hydrogen-bond donors (Lipinski definition) is 2. The Bertz CT molecular complexity index is 99.4. The second-order valence-electron chi connectivity index (χ2n) is 2.30. The van der Waals surface area contributed by atoms with Gasteiger partial charge in [0.2, 0.25) is 0 Å². The second kappa shape index (κ2) is 6.46. The van der Waals surface area contributed by atoms with Gasteiger partial charge in [-0.25, -0.2) is 0 Å². The monoisotopic (exact) mass is 143 g/mol. The molecule has 0 rings (SSSR count). The molecule has 0 bridgehead atoms. The van der Waals surface area contributed by atoms with Crippen LogP contribution >= 0.6 is 0 Å². The van der Waals surface area contributed by atoms with Gasteiger partial charge in [-0.1, -0.05) is 20.3 Å². The number of allylic oxidation sites excluding steroid dienone is 1. The van der Waals surface area contributed by atoms with Crippen molar-refractivity contribution in [3.8, 4) is 0 Å². The summed E-state index contributed by atoms with van der Waals surface area (Å²) >= 11 is 0. The van der Waals surface area contributed by atoms with Crippen molar-refractivity contribution in [3.05, 3.63) is 12.0 Å². The Labute approximate surface area is 62.9 Å². The van der Waals surface area contributed by atoms with Crippen LogP contribution in [0.15, 0.2) is 12.0 Å². The molecule has 0 aromatic rings. The molecule has 0 heterocycles. The maximum atomic E-state index is 8.96. The number of unbranched alkanes of at least 4 members (excludes halogenated alkanes) is 1. The van der Waals surface area contributed by atoms with Crippen LogP contribution in [0.4, 0.5) is 0 Å². The lowest BCUT2D eigenvalue weighted by Gasteiger charge is -1.98. The molecule has 0 aliphatic rings. The van der Waals surface area contributed by atoms with Crippen molar-refractivity contribution in [1.82, 2.24) is 5.32 Å². The van der Waals surface area contributed by atoms with Crippen LogP contribution in [-0.4, -0.2) is 11.7 Å². The summed E-state index contributed by atoms with van der Waals surface area (Å²) in [7, 11) is 0. The summed E-state index contributed by atoms with van der Waals surface area (Å²) in [6, 6.07) is 0. The molecule has 0 aliphatic heterocycles. The molecule has 0 saturated carbocycles. The van der Waals surface area contributed by atoms with Crippen molar-refractivity contribution in [2.24, 2.45) is 0 Å². The van der Waals surface area contributed by atoms with E-state index in [2.05, 4.69) is 12.2 Å². The smallest absolute Gasteiger partial charge is 0.108 e. The van der Waals surface area contributed by atoms with Crippen molar-refractivity contribution in [2.75, 3.05) is 6.54 Å². The van der Waals surface area contributed by atoms with Gasteiger partial charge < -0.3 is 10.4 Å². The van der Waals surface area contributed by atoms with Crippen molar-refractivity contribution >= 4 is 0 Å². The highest BCUT2D eigenvalue weighted by atomic mass is 16.3. The zero-order chi connectivity index (χ0) is 7.82. The van der Waals surface area contributed by atoms with Gasteiger partial charge in [-0.2, -0.15) is 0 Å². The van der Waals surface area contributed by atoms with Gasteiger partial charge in [0.05, 0.1) is 0 Å². The number of rotatable bonds is 5. The fraction of sp³-hybridized carbons (Fsp3) is 0.750. The van der Waals surface area contributed by atoms with E-state index in [1.54, 1.807) is 6.20 Å². The molecule has 0 radical (unpaired) electrons. The van der Waals surface area contributed by atoms with Gasteiger partial charge in [0.25, 0.3) is 0 Å². The zero-order valence-corrected chi connectivity index (χ0v) is 6.85. The summed E-state index contributed by atoms with van der Waals surface area (Å²) in [5.74, 6) is 0.427. The molecule has 2 nitrogen and oxygen atoms in total. The van der Waals surface area contributed by atoms with Crippen LogP contribution in [0.1, 0.15) is 33.1 Å². The summed E-state index contributed by atoms with van der Waals surface area (Å²) in [5, 5.41) is 12.0. The van der Waals surface area contributed by atoms with Gasteiger partial charge in [-0.15, -0.1) is 0 Å². The van der Waals surface area contributed by atoms with Crippen molar-refractivity contribution in [3.63, 3.8) is 0 Å². The zero-order valence-electron chi connectivity index (χ0n) is 6.85. The minimum Gasteiger partial charge on any atom is -0.511 e. The first-order valence-electron chi connectivity index (χ1n) is 3.92. The summed E-state index contributed by atoms with van der Waals surface area (Å²) in [5.41, 5.74) is 0. The van der Waals surface area contributed by atoms with Gasteiger partial charge in [0.15, 0.2) is 0 Å². The van der Waals surface area contributed by atoms with E-state index in [9.17, 15) is 0 Å². The Hall–Kier alpha value is -0.660. The predicted molar refractivity (Wildman–Crippen MR) is 43.9 cm³/mol. The lowest BCUT2D eigenvalue weighted by molar-refractivity contribution is 0.389. The molecule has 2 heteroatoms. The standard InChI is InChI=1S/C8H17NO/c1-3-5-6-9-7-8(10)4-2/h7,9-10H,3-6H2,1-2H3. The normalized spacial score (nSPS) is 11.6. The minimum absolute atomic E-state index is 0.427. The highest BCUT2D eigenvalue weighted by Crippen LogP contribution is 1.91. The van der Waals surface area contributed by atoms with E-state index in [1.165, 1.54) is 6.42 Å². The largest absolute Gasteiger partial charge is 0.511 e. The molecule has 0 atom stereocenters. The first-order chi connectivity index (χ1) is 4.81. The molecule has 0 aliphatic carbocycles. The topological polar surface area (TPSA) is 32.3 Å². The Morgan fingerprint density at radius 2 is 2.20 bits per heavy atom. The molecule has 0 fully saturated rings. The Morgan fingerprint density at radius 1 is 1.50 bits per heavy atom. The number of nitrogens with one attached hydrogen (secondary N) is 1. The van der Waals surface area contributed by atoms with E-state index < -0.39 is 0 Å². The first-order valence-corrected chi connectivity index (χ1v) is 3.92. The minimum atomic E-state index is 0.427. The fourth-order valence-corrected chi connectivity index (χ4v) is 0.571. The van der Waals surface area contributed by atoms with Gasteiger partial charge in [-0.05, 0) is 6.42 Å². The summed E-state index contributed by atoms with van der Waals surface area (Å²) in [6.45, 7) is 5.03. The van der Waals surface area contributed by atoms with Crippen molar-refractivity contribution in [2.45, 2.75) is 33.1 Å². The molecule has 10 heavy (non-hydrogen) atoms. The van der Waals surface area contributed by atoms with E-state index in [0.29, 0.717) is 12.2 Å². The van der Waals surface area contributed by atoms with E-state index in [-0.39, 0.29) is 0 Å². The average Bonchev–Trinajstić information content (AvgIpc) is 1.98. The summed E-state index contributed by atoms with van der Waals surface area (Å²) < 4.78 is 0. The van der Waals surface area contributed by atoms with Crippen LogP contribution in [0, 0.1) is 0 Å². The average molecular weight is 143 g/mol. The first kappa shape index (κ1) is 9.34. The molecular formula is C8H17NO. The van der Waals surface area contributed by atoms with Gasteiger partial charge >= 0.3 is 0 Å². The maximum Gasteiger partial charge on any atom is 0.108 e. The van der Waals surface area contributed by atoms with Crippen LogP contribution in [0.5, 0.6) is 0 Å². The summed E-state index contributed by atoms with van der Waals surface area (Å²) in [4.78, 5) is 0. The van der Waals surface area contributed by atoms with E-state index in [4.69, 9.17) is 5.11 Å². The lowest BCUT2D eigenvalue weighted by Crippen LogP contribution is -2.07. The Morgan fingerprint density at radius 3 is 2.70 bits per heavy atom. The third-order valence-corrected chi connectivity index (χ3v) is 1.31. The maximum absolute atomic E-state index is 8.96. The lowest BCUT2D eigenvalue weighted by atomic mass is 10.3. The van der Waals surface area contributed by atoms with Crippen molar-refractivity contribution in [1.29, 1.82) is 0 Å². The third-order valence-electron chi connectivity index (χ3n) is 1.31. The SMILES string of the molecule is CCCCNC=C(O)CC. The summed E-state index contributed by atoms with van der Waals surface area (Å²) in [6.07, 6.45) is 4.73. The molecule has 0 aromatic carbocycles. The van der Waals surface area contributed by atoms with Gasteiger partial charge in [0.1, 0.15) is 5.76 Å². The van der Waals surface area contributed by atoms with Crippen LogP contribution < -0.4 is 5.32 Å². The highest BCUT2D eigenvalue weighted by Gasteiger charge is 1.84. The van der Waals surface area contributed by atoms with Crippen LogP contribution in [0.3, 0.4) is 0 Å². The van der Waals surface area contributed by atoms with Crippen LogP contribution in [0.25, 0.3) is 0 Å². The Balaban J connectivity index is 3.16. The quantitative estimate of drug-likeness (QED) is 0.456. The molecule has 0 unspecified atom stereocenters. The molecule has 0 aromatic heterocycles. The molecule has 60 valence electrons. The molecule has 0 amide bonds.